The maximum absolute atomic E-state index is 6.28. The Balaban J connectivity index is 1.20. The van der Waals surface area contributed by atoms with Gasteiger partial charge in [0.2, 0.25) is 0 Å². The summed E-state index contributed by atoms with van der Waals surface area (Å²) in [5, 5.41) is 6.72. The summed E-state index contributed by atoms with van der Waals surface area (Å²) in [6.45, 7) is 0. The van der Waals surface area contributed by atoms with E-state index < -0.39 is 0 Å². The van der Waals surface area contributed by atoms with Crippen LogP contribution in [0.1, 0.15) is 0 Å². The lowest BCUT2D eigenvalue weighted by Gasteiger charge is -2.13. The van der Waals surface area contributed by atoms with Crippen molar-refractivity contribution in [3.05, 3.63) is 176 Å². The van der Waals surface area contributed by atoms with Gasteiger partial charge in [0.25, 0.3) is 0 Å². The minimum Gasteiger partial charge on any atom is -0.456 e. The minimum atomic E-state index is 0.598. The fraction of sp³-hybridized carbons (Fsp3) is 0. The van der Waals surface area contributed by atoms with Crippen LogP contribution in [-0.2, 0) is 0 Å². The van der Waals surface area contributed by atoms with Gasteiger partial charge in [-0.25, -0.2) is 15.0 Å². The van der Waals surface area contributed by atoms with Crippen LogP contribution in [0.4, 0.5) is 0 Å². The molecule has 0 aliphatic heterocycles. The molecule has 2 heterocycles. The van der Waals surface area contributed by atoms with E-state index in [0.29, 0.717) is 17.5 Å². The summed E-state index contributed by atoms with van der Waals surface area (Å²) in [5.41, 5.74) is 8.97. The van der Waals surface area contributed by atoms with Crippen molar-refractivity contribution in [2.24, 2.45) is 0 Å². The SMILES string of the molecule is c1ccc(-c2ccc3c(ccc4ccc(-c5nc(-c6ccccc6-c6ccccc6)nc(-c6cccc7oc8ccccc8c67)n5)cc43)c2)cc1. The van der Waals surface area contributed by atoms with Crippen LogP contribution in [0, 0.1) is 0 Å². The highest BCUT2D eigenvalue weighted by molar-refractivity contribution is 6.12. The maximum Gasteiger partial charge on any atom is 0.164 e. The van der Waals surface area contributed by atoms with Crippen LogP contribution in [-0.4, -0.2) is 15.0 Å². The molecule has 10 rings (SSSR count). The van der Waals surface area contributed by atoms with Crippen molar-refractivity contribution in [3.63, 3.8) is 0 Å². The molecule has 51 heavy (non-hydrogen) atoms. The number of rotatable bonds is 5. The van der Waals surface area contributed by atoms with E-state index in [4.69, 9.17) is 19.4 Å². The fourth-order valence-electron chi connectivity index (χ4n) is 7.26. The van der Waals surface area contributed by atoms with Crippen molar-refractivity contribution in [2.75, 3.05) is 0 Å². The van der Waals surface area contributed by atoms with E-state index in [9.17, 15) is 0 Å². The standard InChI is InChI=1S/C47H29N3O/c1-3-12-30(13-4-1)33-26-27-37-34(28-33)24-22-32-23-25-35(29-41(32)37)45-48-46(38-17-8-7-16-36(38)31-14-5-2-6-15-31)50-47(49-45)40-19-11-21-43-44(40)39-18-9-10-20-42(39)51-43/h1-29H. The van der Waals surface area contributed by atoms with Gasteiger partial charge in [-0.05, 0) is 68.1 Å². The largest absolute Gasteiger partial charge is 0.456 e. The molecule has 0 amide bonds. The first kappa shape index (κ1) is 29.0. The van der Waals surface area contributed by atoms with Gasteiger partial charge in [-0.15, -0.1) is 0 Å². The molecule has 0 aliphatic carbocycles. The zero-order chi connectivity index (χ0) is 33.7. The molecule has 4 nitrogen and oxygen atoms in total. The van der Waals surface area contributed by atoms with E-state index in [0.717, 1.165) is 60.5 Å². The molecule has 0 saturated heterocycles. The summed E-state index contributed by atoms with van der Waals surface area (Å²) in [6, 6.07) is 61.1. The zero-order valence-electron chi connectivity index (χ0n) is 27.5. The van der Waals surface area contributed by atoms with Crippen LogP contribution in [0.15, 0.2) is 180 Å². The van der Waals surface area contributed by atoms with Crippen molar-refractivity contribution in [2.45, 2.75) is 0 Å². The number of hydrogen-bond acceptors (Lipinski definition) is 4. The summed E-state index contributed by atoms with van der Waals surface area (Å²) < 4.78 is 6.28. The van der Waals surface area contributed by atoms with Crippen molar-refractivity contribution in [1.82, 2.24) is 15.0 Å². The van der Waals surface area contributed by atoms with Crippen molar-refractivity contribution in [3.8, 4) is 56.4 Å². The monoisotopic (exact) mass is 651 g/mol. The van der Waals surface area contributed by atoms with E-state index in [-0.39, 0.29) is 0 Å². The molecule has 10 aromatic rings. The summed E-state index contributed by atoms with van der Waals surface area (Å²) in [4.78, 5) is 15.6. The fourth-order valence-corrected chi connectivity index (χ4v) is 7.26. The van der Waals surface area contributed by atoms with E-state index in [1.54, 1.807) is 0 Å². The number of fused-ring (bicyclic) bond motifs is 6. The topological polar surface area (TPSA) is 51.8 Å². The van der Waals surface area contributed by atoms with Gasteiger partial charge >= 0.3 is 0 Å². The van der Waals surface area contributed by atoms with E-state index in [1.807, 2.05) is 42.5 Å². The summed E-state index contributed by atoms with van der Waals surface area (Å²) >= 11 is 0. The van der Waals surface area contributed by atoms with E-state index >= 15 is 0 Å². The number of furan rings is 1. The van der Waals surface area contributed by atoms with Gasteiger partial charge in [-0.2, -0.15) is 0 Å². The van der Waals surface area contributed by atoms with Crippen molar-refractivity contribution in [1.29, 1.82) is 0 Å². The predicted molar refractivity (Wildman–Crippen MR) is 209 cm³/mol. The molecule has 0 saturated carbocycles. The van der Waals surface area contributed by atoms with E-state index in [2.05, 4.69) is 133 Å². The molecule has 238 valence electrons. The molecule has 0 spiro atoms. The molecule has 2 aromatic heterocycles. The molecule has 0 atom stereocenters. The average molecular weight is 652 g/mol. The average Bonchev–Trinajstić information content (AvgIpc) is 3.60. The second-order valence-electron chi connectivity index (χ2n) is 12.8. The molecule has 8 aromatic carbocycles. The van der Waals surface area contributed by atoms with Crippen molar-refractivity contribution >= 4 is 43.5 Å². The Kier molecular flexibility index (Phi) is 6.78. The zero-order valence-corrected chi connectivity index (χ0v) is 27.5. The Morgan fingerprint density at radius 1 is 0.314 bits per heavy atom. The van der Waals surface area contributed by atoms with Gasteiger partial charge in [-0.1, -0.05) is 152 Å². The quantitative estimate of drug-likeness (QED) is 0.174. The number of benzene rings is 8. The van der Waals surface area contributed by atoms with Gasteiger partial charge in [0.15, 0.2) is 17.5 Å². The highest BCUT2D eigenvalue weighted by atomic mass is 16.3. The van der Waals surface area contributed by atoms with Crippen LogP contribution in [0.3, 0.4) is 0 Å². The normalized spacial score (nSPS) is 11.5. The van der Waals surface area contributed by atoms with Crippen LogP contribution in [0.5, 0.6) is 0 Å². The molecule has 0 N–H and O–H groups in total. The summed E-state index contributed by atoms with van der Waals surface area (Å²) in [5.74, 6) is 1.83. The first-order chi connectivity index (χ1) is 25.3. The molecule has 0 radical (unpaired) electrons. The number of nitrogens with zero attached hydrogens (tertiary/aromatic N) is 3. The van der Waals surface area contributed by atoms with Crippen molar-refractivity contribution < 1.29 is 4.42 Å². The van der Waals surface area contributed by atoms with E-state index in [1.165, 1.54) is 21.9 Å². The molecular weight excluding hydrogens is 623 g/mol. The Hall–Kier alpha value is -6.91. The minimum absolute atomic E-state index is 0.598. The van der Waals surface area contributed by atoms with Gasteiger partial charge in [-0.3, -0.25) is 0 Å². The second kappa shape index (κ2) is 11.9. The van der Waals surface area contributed by atoms with Gasteiger partial charge in [0, 0.05) is 27.5 Å². The highest BCUT2D eigenvalue weighted by Gasteiger charge is 2.19. The number of aromatic nitrogens is 3. The Bertz CT molecular complexity index is 2910. The smallest absolute Gasteiger partial charge is 0.164 e. The third-order valence-corrected chi connectivity index (χ3v) is 9.73. The lowest BCUT2D eigenvalue weighted by molar-refractivity contribution is 0.669. The third-order valence-electron chi connectivity index (χ3n) is 9.73. The third kappa shape index (κ3) is 5.04. The first-order valence-corrected chi connectivity index (χ1v) is 17.1. The Labute approximate surface area is 294 Å². The molecule has 0 aliphatic rings. The highest BCUT2D eigenvalue weighted by Crippen LogP contribution is 2.38. The predicted octanol–water partition coefficient (Wildman–Crippen LogP) is 12.4. The number of hydrogen-bond donors (Lipinski definition) is 0. The maximum atomic E-state index is 6.28. The Morgan fingerprint density at radius 2 is 0.922 bits per heavy atom. The molecular formula is C47H29N3O. The van der Waals surface area contributed by atoms with Gasteiger partial charge < -0.3 is 4.42 Å². The molecule has 0 fully saturated rings. The van der Waals surface area contributed by atoms with Gasteiger partial charge in [0.05, 0.1) is 0 Å². The van der Waals surface area contributed by atoms with Crippen LogP contribution >= 0.6 is 0 Å². The van der Waals surface area contributed by atoms with Crippen LogP contribution in [0.2, 0.25) is 0 Å². The second-order valence-corrected chi connectivity index (χ2v) is 12.8. The lowest BCUT2D eigenvalue weighted by atomic mass is 9.96. The first-order valence-electron chi connectivity index (χ1n) is 17.1. The molecule has 4 heteroatoms. The Morgan fingerprint density at radius 3 is 1.76 bits per heavy atom. The van der Waals surface area contributed by atoms with Gasteiger partial charge in [0.1, 0.15) is 11.2 Å². The van der Waals surface area contributed by atoms with Crippen LogP contribution in [0.25, 0.3) is 99.9 Å². The van der Waals surface area contributed by atoms with Crippen LogP contribution < -0.4 is 0 Å². The summed E-state index contributed by atoms with van der Waals surface area (Å²) in [6.07, 6.45) is 0. The number of para-hydroxylation sites is 1. The molecule has 0 unspecified atom stereocenters. The molecule has 0 bridgehead atoms. The summed E-state index contributed by atoms with van der Waals surface area (Å²) in [7, 11) is 0. The lowest BCUT2D eigenvalue weighted by Crippen LogP contribution is -2.01.